The zero-order valence-corrected chi connectivity index (χ0v) is 18.9. The minimum atomic E-state index is -0.903. The fourth-order valence-corrected chi connectivity index (χ4v) is 4.20. The van der Waals surface area contributed by atoms with E-state index < -0.39 is 6.09 Å². The second-order valence-electron chi connectivity index (χ2n) is 8.09. The summed E-state index contributed by atoms with van der Waals surface area (Å²) >= 11 is 0. The molecule has 11 heteroatoms. The van der Waals surface area contributed by atoms with Gasteiger partial charge >= 0.3 is 6.09 Å². The number of nitrogens with one attached hydrogen (secondary N) is 1. The number of amides is 1. The van der Waals surface area contributed by atoms with Crippen LogP contribution in [0.3, 0.4) is 0 Å². The first-order valence-corrected chi connectivity index (χ1v) is 10.8. The van der Waals surface area contributed by atoms with Gasteiger partial charge in [-0.15, -0.1) is 0 Å². The van der Waals surface area contributed by atoms with Crippen molar-refractivity contribution in [1.29, 1.82) is 5.26 Å². The van der Waals surface area contributed by atoms with Crippen LogP contribution in [-0.4, -0.2) is 61.8 Å². The molecule has 4 N–H and O–H groups in total. The number of hydrogen-bond donors (Lipinski definition) is 3. The Morgan fingerprint density at radius 3 is 2.67 bits per heavy atom. The van der Waals surface area contributed by atoms with Crippen molar-refractivity contribution in [3.63, 3.8) is 0 Å². The Hall–Kier alpha value is -4.07. The SMILES string of the molecule is CCC(Nc1nc(N)nc(C)c1C#N)c1nc2ccn(C)c2cc1N1CCN(C(=O)O)CC1. The quantitative estimate of drug-likeness (QED) is 0.534. The monoisotopic (exact) mass is 449 g/mol. The molecule has 1 atom stereocenters. The third kappa shape index (κ3) is 4.19. The van der Waals surface area contributed by atoms with Crippen LogP contribution in [0.5, 0.6) is 0 Å². The Balaban J connectivity index is 1.76. The lowest BCUT2D eigenvalue weighted by Gasteiger charge is -2.36. The van der Waals surface area contributed by atoms with E-state index in [1.165, 1.54) is 4.90 Å². The third-order valence-corrected chi connectivity index (χ3v) is 6.03. The molecule has 0 radical (unpaired) electrons. The summed E-state index contributed by atoms with van der Waals surface area (Å²) in [4.78, 5) is 28.3. The molecule has 1 saturated heterocycles. The van der Waals surface area contributed by atoms with Gasteiger partial charge in [0.25, 0.3) is 0 Å². The Morgan fingerprint density at radius 2 is 2.03 bits per heavy atom. The second-order valence-corrected chi connectivity index (χ2v) is 8.09. The minimum absolute atomic E-state index is 0.0975. The number of pyridine rings is 1. The summed E-state index contributed by atoms with van der Waals surface area (Å²) < 4.78 is 2.01. The number of rotatable bonds is 5. The summed E-state index contributed by atoms with van der Waals surface area (Å²) in [6.45, 7) is 5.73. The van der Waals surface area contributed by atoms with Gasteiger partial charge in [-0.1, -0.05) is 6.92 Å². The van der Waals surface area contributed by atoms with Gasteiger partial charge in [0.05, 0.1) is 34.2 Å². The Kier molecular flexibility index (Phi) is 5.91. The Bertz CT molecular complexity index is 1240. The van der Waals surface area contributed by atoms with Gasteiger partial charge in [0.15, 0.2) is 0 Å². The summed E-state index contributed by atoms with van der Waals surface area (Å²) in [5.41, 5.74) is 10.3. The zero-order valence-electron chi connectivity index (χ0n) is 18.9. The fourth-order valence-electron chi connectivity index (χ4n) is 4.20. The molecule has 0 bridgehead atoms. The molecule has 1 unspecified atom stereocenters. The number of nitrogen functional groups attached to an aromatic ring is 1. The molecule has 11 nitrogen and oxygen atoms in total. The largest absolute Gasteiger partial charge is 0.465 e. The molecule has 172 valence electrons. The van der Waals surface area contributed by atoms with Crippen LogP contribution < -0.4 is 16.0 Å². The van der Waals surface area contributed by atoms with Gasteiger partial charge in [-0.3, -0.25) is 0 Å². The number of piperazine rings is 1. The first kappa shape index (κ1) is 22.1. The van der Waals surface area contributed by atoms with Crippen LogP contribution in [0.1, 0.15) is 36.3 Å². The molecule has 0 spiro atoms. The molecule has 1 aliphatic heterocycles. The molecular weight excluding hydrogens is 422 g/mol. The maximum Gasteiger partial charge on any atom is 0.407 e. The molecule has 33 heavy (non-hydrogen) atoms. The summed E-state index contributed by atoms with van der Waals surface area (Å²) in [6, 6.07) is 5.98. The molecule has 1 amide bonds. The molecule has 4 rings (SSSR count). The van der Waals surface area contributed by atoms with E-state index in [4.69, 9.17) is 10.7 Å². The van der Waals surface area contributed by atoms with Crippen LogP contribution in [-0.2, 0) is 7.05 Å². The highest BCUT2D eigenvalue weighted by Gasteiger charge is 2.27. The van der Waals surface area contributed by atoms with E-state index in [0.717, 1.165) is 22.4 Å². The number of nitrogens with zero attached hydrogens (tertiary/aromatic N) is 7. The number of carboxylic acid groups (broad SMARTS) is 1. The minimum Gasteiger partial charge on any atom is -0.465 e. The van der Waals surface area contributed by atoms with Gasteiger partial charge in [0.2, 0.25) is 5.95 Å². The average molecular weight is 450 g/mol. The summed E-state index contributed by atoms with van der Waals surface area (Å²) in [6.07, 6.45) is 1.74. The molecule has 3 aromatic heterocycles. The number of nitriles is 1. The maximum absolute atomic E-state index is 11.4. The number of carbonyl (C=O) groups is 1. The number of aryl methyl sites for hydroxylation is 2. The molecule has 0 saturated carbocycles. The molecule has 1 aliphatic rings. The number of nitrogens with two attached hydrogens (primary N) is 1. The Labute approximate surface area is 191 Å². The van der Waals surface area contributed by atoms with E-state index in [9.17, 15) is 15.2 Å². The van der Waals surface area contributed by atoms with Crippen molar-refractivity contribution in [2.45, 2.75) is 26.3 Å². The van der Waals surface area contributed by atoms with Crippen LogP contribution in [0.15, 0.2) is 18.3 Å². The van der Waals surface area contributed by atoms with Crippen molar-refractivity contribution < 1.29 is 9.90 Å². The van der Waals surface area contributed by atoms with E-state index in [2.05, 4.69) is 32.3 Å². The van der Waals surface area contributed by atoms with Gasteiger partial charge in [0, 0.05) is 39.4 Å². The smallest absolute Gasteiger partial charge is 0.407 e. The molecule has 0 aliphatic carbocycles. The number of anilines is 3. The van der Waals surface area contributed by atoms with Gasteiger partial charge in [0.1, 0.15) is 17.5 Å². The van der Waals surface area contributed by atoms with E-state index in [1.807, 2.05) is 30.8 Å². The highest BCUT2D eigenvalue weighted by atomic mass is 16.4. The summed E-state index contributed by atoms with van der Waals surface area (Å²) in [7, 11) is 1.97. The van der Waals surface area contributed by atoms with Crippen LogP contribution >= 0.6 is 0 Å². The van der Waals surface area contributed by atoms with Crippen LogP contribution in [0, 0.1) is 18.3 Å². The standard InChI is InChI=1S/C22H27N9O2/c1-4-15(27-20-14(12-23)13(2)25-21(24)28-20)19-18(11-17-16(26-19)5-6-29(17)3)30-7-9-31(10-8-30)22(32)33/h5-6,11,15H,4,7-10H2,1-3H3,(H,32,33)(H3,24,25,27,28). The lowest BCUT2D eigenvalue weighted by molar-refractivity contribution is 0.142. The van der Waals surface area contributed by atoms with Gasteiger partial charge < -0.3 is 30.5 Å². The maximum atomic E-state index is 11.4. The van der Waals surface area contributed by atoms with E-state index in [0.29, 0.717) is 49.7 Å². The van der Waals surface area contributed by atoms with Crippen molar-refractivity contribution in [3.05, 3.63) is 35.3 Å². The van der Waals surface area contributed by atoms with Crippen molar-refractivity contribution in [2.75, 3.05) is 42.1 Å². The Morgan fingerprint density at radius 1 is 1.30 bits per heavy atom. The summed E-state index contributed by atoms with van der Waals surface area (Å²) in [5, 5.41) is 22.3. The topological polar surface area (TPSA) is 149 Å². The zero-order chi connectivity index (χ0) is 23.7. The lowest BCUT2D eigenvalue weighted by Crippen LogP contribution is -2.48. The number of fused-ring (bicyclic) bond motifs is 1. The molecule has 4 heterocycles. The van der Waals surface area contributed by atoms with Gasteiger partial charge in [-0.2, -0.15) is 10.2 Å². The second kappa shape index (κ2) is 8.82. The molecule has 0 aromatic carbocycles. The van der Waals surface area contributed by atoms with E-state index >= 15 is 0 Å². The van der Waals surface area contributed by atoms with E-state index in [1.54, 1.807) is 6.92 Å². The lowest BCUT2D eigenvalue weighted by atomic mass is 10.1. The fraction of sp³-hybridized carbons (Fsp3) is 0.409. The predicted octanol–water partition coefficient (Wildman–Crippen LogP) is 2.49. The predicted molar refractivity (Wildman–Crippen MR) is 125 cm³/mol. The average Bonchev–Trinajstić information content (AvgIpc) is 3.16. The van der Waals surface area contributed by atoms with Crippen LogP contribution in [0.4, 0.5) is 22.2 Å². The van der Waals surface area contributed by atoms with Gasteiger partial charge in [-0.05, 0) is 25.5 Å². The third-order valence-electron chi connectivity index (χ3n) is 6.03. The normalized spacial score (nSPS) is 14.8. The highest BCUT2D eigenvalue weighted by Crippen LogP contribution is 2.34. The highest BCUT2D eigenvalue weighted by molar-refractivity contribution is 5.81. The first-order chi connectivity index (χ1) is 15.8. The number of aromatic nitrogens is 4. The van der Waals surface area contributed by atoms with Gasteiger partial charge in [-0.25, -0.2) is 14.8 Å². The van der Waals surface area contributed by atoms with E-state index in [-0.39, 0.29) is 12.0 Å². The van der Waals surface area contributed by atoms with Crippen molar-refractivity contribution >= 4 is 34.6 Å². The first-order valence-electron chi connectivity index (χ1n) is 10.8. The molecule has 3 aromatic rings. The number of hydrogen-bond acceptors (Lipinski definition) is 8. The van der Waals surface area contributed by atoms with Crippen molar-refractivity contribution in [2.24, 2.45) is 7.05 Å². The van der Waals surface area contributed by atoms with Crippen molar-refractivity contribution in [3.8, 4) is 6.07 Å². The summed E-state index contributed by atoms with van der Waals surface area (Å²) in [5.74, 6) is 0.478. The molecule has 1 fully saturated rings. The van der Waals surface area contributed by atoms with Crippen LogP contribution in [0.2, 0.25) is 0 Å². The van der Waals surface area contributed by atoms with Crippen molar-refractivity contribution in [1.82, 2.24) is 24.4 Å². The molecular formula is C22H27N9O2. The van der Waals surface area contributed by atoms with Crippen LogP contribution in [0.25, 0.3) is 11.0 Å².